The van der Waals surface area contributed by atoms with Gasteiger partial charge in [0.05, 0.1) is 5.52 Å². The molecule has 0 amide bonds. The summed E-state index contributed by atoms with van der Waals surface area (Å²) < 4.78 is 6.69. The summed E-state index contributed by atoms with van der Waals surface area (Å²) >= 11 is 0. The van der Waals surface area contributed by atoms with E-state index in [4.69, 9.17) is 4.42 Å². The summed E-state index contributed by atoms with van der Waals surface area (Å²) in [5, 5.41) is 3.28. The van der Waals surface area contributed by atoms with Crippen molar-refractivity contribution in [1.29, 1.82) is 0 Å². The van der Waals surface area contributed by atoms with Gasteiger partial charge in [0.1, 0.15) is 0 Å². The van der Waals surface area contributed by atoms with Gasteiger partial charge in [0.25, 0.3) is 0 Å². The number of rotatable bonds is 4. The van der Waals surface area contributed by atoms with E-state index in [2.05, 4.69) is 17.3 Å². The molecule has 5 nitrogen and oxygen atoms in total. The van der Waals surface area contributed by atoms with Gasteiger partial charge >= 0.3 is 5.76 Å². The third kappa shape index (κ3) is 2.31. The Balaban J connectivity index is 1.73. The van der Waals surface area contributed by atoms with E-state index in [0.717, 1.165) is 31.6 Å². The van der Waals surface area contributed by atoms with E-state index in [-0.39, 0.29) is 5.76 Å². The summed E-state index contributed by atoms with van der Waals surface area (Å²) in [6, 6.07) is 6.64. The number of benzene rings is 1. The highest BCUT2D eigenvalue weighted by Crippen LogP contribution is 2.15. The third-order valence-electron chi connectivity index (χ3n) is 3.99. The van der Waals surface area contributed by atoms with Crippen LogP contribution in [0.3, 0.4) is 0 Å². The zero-order valence-electron chi connectivity index (χ0n) is 11.3. The van der Waals surface area contributed by atoms with Crippen LogP contribution in [0, 0.1) is 0 Å². The molecule has 1 aromatic carbocycles. The molecule has 1 aliphatic heterocycles. The van der Waals surface area contributed by atoms with Crippen molar-refractivity contribution < 1.29 is 4.42 Å². The van der Waals surface area contributed by atoms with Crippen LogP contribution >= 0.6 is 0 Å². The zero-order valence-corrected chi connectivity index (χ0v) is 11.3. The van der Waals surface area contributed by atoms with Gasteiger partial charge in [-0.3, -0.25) is 4.57 Å². The van der Waals surface area contributed by atoms with Crippen molar-refractivity contribution in [2.45, 2.75) is 12.5 Å². The number of hydrogen-bond acceptors (Lipinski definition) is 4. The molecule has 1 saturated heterocycles. The van der Waals surface area contributed by atoms with Crippen LogP contribution in [-0.4, -0.2) is 42.2 Å². The number of nitrogens with one attached hydrogen (secondary N) is 1. The normalized spacial score (nSPS) is 16.2. The molecule has 1 aliphatic rings. The highest BCUT2D eigenvalue weighted by molar-refractivity contribution is 5.73. The lowest BCUT2D eigenvalue weighted by Crippen LogP contribution is -2.56. The average Bonchev–Trinajstić information content (AvgIpc) is 2.61. The van der Waals surface area contributed by atoms with Crippen molar-refractivity contribution in [3.63, 3.8) is 0 Å². The summed E-state index contributed by atoms with van der Waals surface area (Å²) in [4.78, 5) is 13.8. The fourth-order valence-electron chi connectivity index (χ4n) is 2.40. The molecule has 3 rings (SSSR count). The molecular formula is C14H19N3O2. The second kappa shape index (κ2) is 4.83. The van der Waals surface area contributed by atoms with Crippen molar-refractivity contribution in [2.24, 2.45) is 7.05 Å². The second-order valence-electron chi connectivity index (χ2n) is 5.27. The van der Waals surface area contributed by atoms with Crippen LogP contribution in [0.25, 0.3) is 11.1 Å². The van der Waals surface area contributed by atoms with E-state index >= 15 is 0 Å². The molecule has 102 valence electrons. The largest absolute Gasteiger partial charge is 0.419 e. The molecule has 0 spiro atoms. The van der Waals surface area contributed by atoms with Crippen LogP contribution in [0.15, 0.2) is 27.4 Å². The summed E-state index contributed by atoms with van der Waals surface area (Å²) in [5.74, 6) is -0.301. The lowest BCUT2D eigenvalue weighted by Gasteiger charge is -2.35. The number of fused-ring (bicyclic) bond motifs is 1. The van der Waals surface area contributed by atoms with Gasteiger partial charge in [0.2, 0.25) is 0 Å². The van der Waals surface area contributed by atoms with Gasteiger partial charge in [-0.2, -0.15) is 0 Å². The highest BCUT2D eigenvalue weighted by Gasteiger charge is 2.20. The minimum Gasteiger partial charge on any atom is -0.408 e. The Morgan fingerprint density at radius 3 is 2.95 bits per heavy atom. The molecule has 5 heteroatoms. The van der Waals surface area contributed by atoms with E-state index in [9.17, 15) is 4.79 Å². The Labute approximate surface area is 111 Å². The van der Waals surface area contributed by atoms with Gasteiger partial charge < -0.3 is 14.6 Å². The molecule has 1 aromatic heterocycles. The third-order valence-corrected chi connectivity index (χ3v) is 3.99. The monoisotopic (exact) mass is 261 g/mol. The molecule has 0 aliphatic carbocycles. The average molecular weight is 261 g/mol. The van der Waals surface area contributed by atoms with Crippen molar-refractivity contribution in [1.82, 2.24) is 14.8 Å². The van der Waals surface area contributed by atoms with Crippen molar-refractivity contribution in [2.75, 3.05) is 26.7 Å². The zero-order chi connectivity index (χ0) is 13.4. The van der Waals surface area contributed by atoms with Crippen molar-refractivity contribution in [3.05, 3.63) is 34.3 Å². The standard InChI is InChI=1S/C14H19N3O2/c1-16(11-8-15-9-11)6-5-10-3-4-13-12(7-10)17(2)14(18)19-13/h3-4,7,11,15H,5-6,8-9H2,1-2H3. The smallest absolute Gasteiger partial charge is 0.408 e. The Morgan fingerprint density at radius 1 is 1.47 bits per heavy atom. The minimum absolute atomic E-state index is 0.301. The lowest BCUT2D eigenvalue weighted by atomic mass is 10.1. The van der Waals surface area contributed by atoms with Gasteiger partial charge in [0.15, 0.2) is 5.58 Å². The van der Waals surface area contributed by atoms with Gasteiger partial charge in [-0.05, 0) is 31.2 Å². The van der Waals surface area contributed by atoms with Crippen LogP contribution in [0.5, 0.6) is 0 Å². The number of nitrogens with zero attached hydrogens (tertiary/aromatic N) is 2. The number of oxazole rings is 1. The fraction of sp³-hybridized carbons (Fsp3) is 0.500. The Kier molecular flexibility index (Phi) is 3.16. The molecule has 0 atom stereocenters. The van der Waals surface area contributed by atoms with Crippen LogP contribution in [-0.2, 0) is 13.5 Å². The van der Waals surface area contributed by atoms with Gasteiger partial charge in [-0.1, -0.05) is 6.07 Å². The highest BCUT2D eigenvalue weighted by atomic mass is 16.4. The van der Waals surface area contributed by atoms with E-state index in [1.807, 2.05) is 18.2 Å². The maximum absolute atomic E-state index is 11.4. The molecule has 2 heterocycles. The molecule has 1 fully saturated rings. The fourth-order valence-corrected chi connectivity index (χ4v) is 2.40. The molecule has 1 N–H and O–H groups in total. The first-order valence-corrected chi connectivity index (χ1v) is 6.64. The first kappa shape index (κ1) is 12.4. The van der Waals surface area contributed by atoms with E-state index in [1.54, 1.807) is 11.6 Å². The van der Waals surface area contributed by atoms with E-state index in [1.165, 1.54) is 5.56 Å². The van der Waals surface area contributed by atoms with Crippen molar-refractivity contribution >= 4 is 11.1 Å². The molecule has 2 aromatic rings. The first-order chi connectivity index (χ1) is 9.15. The number of hydrogen-bond donors (Lipinski definition) is 1. The summed E-state index contributed by atoms with van der Waals surface area (Å²) in [5.41, 5.74) is 2.77. The Bertz CT molecular complexity index is 640. The summed E-state index contributed by atoms with van der Waals surface area (Å²) in [7, 11) is 3.90. The van der Waals surface area contributed by atoms with Gasteiger partial charge in [-0.15, -0.1) is 0 Å². The van der Waals surface area contributed by atoms with Crippen LogP contribution < -0.4 is 11.1 Å². The van der Waals surface area contributed by atoms with Gasteiger partial charge in [0, 0.05) is 32.7 Å². The predicted octanol–water partition coefficient (Wildman–Crippen LogP) is 0.578. The maximum Gasteiger partial charge on any atom is 0.419 e. The Hall–Kier alpha value is -1.59. The number of aromatic nitrogens is 1. The summed E-state index contributed by atoms with van der Waals surface area (Å²) in [6.45, 7) is 3.21. The van der Waals surface area contributed by atoms with Crippen molar-refractivity contribution in [3.8, 4) is 0 Å². The first-order valence-electron chi connectivity index (χ1n) is 6.64. The van der Waals surface area contributed by atoms with Crippen LogP contribution in [0.1, 0.15) is 5.56 Å². The van der Waals surface area contributed by atoms with E-state index < -0.39 is 0 Å². The molecule has 0 saturated carbocycles. The van der Waals surface area contributed by atoms with Crippen LogP contribution in [0.2, 0.25) is 0 Å². The van der Waals surface area contributed by atoms with Gasteiger partial charge in [-0.25, -0.2) is 4.79 Å². The minimum atomic E-state index is -0.301. The second-order valence-corrected chi connectivity index (χ2v) is 5.27. The molecule has 0 radical (unpaired) electrons. The molecule has 0 unspecified atom stereocenters. The Morgan fingerprint density at radius 2 is 2.26 bits per heavy atom. The quantitative estimate of drug-likeness (QED) is 0.874. The number of aryl methyl sites for hydroxylation is 1. The van der Waals surface area contributed by atoms with E-state index in [0.29, 0.717) is 11.6 Å². The SMILES string of the molecule is CN(CCc1ccc2oc(=O)n(C)c2c1)C1CNC1. The molecule has 0 bridgehead atoms. The predicted molar refractivity (Wildman–Crippen MR) is 74.4 cm³/mol. The topological polar surface area (TPSA) is 50.4 Å². The lowest BCUT2D eigenvalue weighted by molar-refractivity contribution is 0.182. The number of likely N-dealkylation sites (N-methyl/N-ethyl adjacent to an activating group) is 1. The maximum atomic E-state index is 11.4. The molecular weight excluding hydrogens is 242 g/mol. The van der Waals surface area contributed by atoms with Crippen LogP contribution in [0.4, 0.5) is 0 Å². The summed E-state index contributed by atoms with van der Waals surface area (Å²) in [6.07, 6.45) is 0.988. The molecule has 19 heavy (non-hydrogen) atoms.